The second-order valence-corrected chi connectivity index (χ2v) is 5.39. The van der Waals surface area contributed by atoms with Crippen LogP contribution in [0.3, 0.4) is 0 Å². The van der Waals surface area contributed by atoms with Crippen LogP contribution >= 0.6 is 0 Å². The number of nitrogen functional groups attached to an aromatic ring is 1. The lowest BCUT2D eigenvalue weighted by molar-refractivity contribution is 0.112. The number of nitrogens with zero attached hydrogens (tertiary/aromatic N) is 4. The van der Waals surface area contributed by atoms with Gasteiger partial charge >= 0.3 is 0 Å². The van der Waals surface area contributed by atoms with E-state index in [1.54, 1.807) is 12.4 Å². The predicted octanol–water partition coefficient (Wildman–Crippen LogP) is 0.0688. The van der Waals surface area contributed by atoms with Crippen molar-refractivity contribution in [3.8, 4) is 0 Å². The topological polar surface area (TPSA) is 67.5 Å². The molecule has 1 aromatic heterocycles. The molecule has 2 rings (SSSR count). The number of hydrogen-bond acceptors (Lipinski definition) is 6. The third-order valence-corrected chi connectivity index (χ3v) is 3.18. The van der Waals surface area contributed by atoms with Crippen LogP contribution in [0.4, 0.5) is 5.95 Å². The van der Waals surface area contributed by atoms with Crippen LogP contribution in [-0.4, -0.2) is 66.7 Å². The molecule has 0 unspecified atom stereocenters. The Hall–Kier alpha value is -1.24. The molecule has 6 nitrogen and oxygen atoms in total. The first-order chi connectivity index (χ1) is 9.13. The lowest BCUT2D eigenvalue weighted by Crippen LogP contribution is -2.34. The molecule has 0 spiro atoms. The smallest absolute Gasteiger partial charge is 0.219 e. The molecule has 6 heteroatoms. The SMILES string of the molecule is CN(C)C[C@@H]1COCCN(Cc2cnc(N)nc2)C1. The number of ether oxygens (including phenoxy) is 1. The van der Waals surface area contributed by atoms with Gasteiger partial charge in [-0.3, -0.25) is 4.90 Å². The van der Waals surface area contributed by atoms with Gasteiger partial charge in [-0.25, -0.2) is 9.97 Å². The Kier molecular flexibility index (Phi) is 5.07. The lowest BCUT2D eigenvalue weighted by Gasteiger charge is -2.25. The molecular formula is C13H23N5O. The van der Waals surface area contributed by atoms with Crippen molar-refractivity contribution in [2.75, 3.05) is 52.7 Å². The molecule has 0 amide bonds. The summed E-state index contributed by atoms with van der Waals surface area (Å²) in [5.74, 6) is 0.876. The van der Waals surface area contributed by atoms with Gasteiger partial charge in [-0.15, -0.1) is 0 Å². The molecule has 2 heterocycles. The molecule has 106 valence electrons. The molecule has 1 aromatic rings. The summed E-state index contributed by atoms with van der Waals surface area (Å²) < 4.78 is 5.68. The van der Waals surface area contributed by atoms with Crippen molar-refractivity contribution in [3.63, 3.8) is 0 Å². The van der Waals surface area contributed by atoms with Crippen LogP contribution in [0.2, 0.25) is 0 Å². The van der Waals surface area contributed by atoms with E-state index in [0.717, 1.165) is 45.0 Å². The van der Waals surface area contributed by atoms with Gasteiger partial charge in [0.25, 0.3) is 0 Å². The Morgan fingerprint density at radius 3 is 2.84 bits per heavy atom. The Morgan fingerprint density at radius 1 is 1.42 bits per heavy atom. The summed E-state index contributed by atoms with van der Waals surface area (Å²) in [4.78, 5) is 12.7. The van der Waals surface area contributed by atoms with Gasteiger partial charge in [0.15, 0.2) is 0 Å². The minimum Gasteiger partial charge on any atom is -0.380 e. The molecule has 19 heavy (non-hydrogen) atoms. The fourth-order valence-electron chi connectivity index (χ4n) is 2.43. The zero-order chi connectivity index (χ0) is 13.7. The number of anilines is 1. The summed E-state index contributed by atoms with van der Waals surface area (Å²) in [7, 11) is 4.20. The second kappa shape index (κ2) is 6.79. The summed E-state index contributed by atoms with van der Waals surface area (Å²) >= 11 is 0. The molecule has 0 aliphatic carbocycles. The highest BCUT2D eigenvalue weighted by Crippen LogP contribution is 2.11. The highest BCUT2D eigenvalue weighted by Gasteiger charge is 2.19. The van der Waals surface area contributed by atoms with Gasteiger partial charge in [-0.2, -0.15) is 0 Å². The summed E-state index contributed by atoms with van der Waals surface area (Å²) in [5, 5.41) is 0. The van der Waals surface area contributed by atoms with Gasteiger partial charge in [-0.1, -0.05) is 0 Å². The van der Waals surface area contributed by atoms with E-state index < -0.39 is 0 Å². The average Bonchev–Trinajstić information content (AvgIpc) is 2.57. The molecule has 1 aliphatic rings. The summed E-state index contributed by atoms with van der Waals surface area (Å²) in [6.45, 7) is 5.53. The Labute approximate surface area is 114 Å². The van der Waals surface area contributed by atoms with Crippen LogP contribution < -0.4 is 5.73 Å². The van der Waals surface area contributed by atoms with Crippen LogP contribution in [0.15, 0.2) is 12.4 Å². The molecule has 0 saturated carbocycles. The summed E-state index contributed by atoms with van der Waals surface area (Å²) in [6, 6.07) is 0. The fraction of sp³-hybridized carbons (Fsp3) is 0.692. The zero-order valence-electron chi connectivity index (χ0n) is 11.7. The minimum atomic E-state index is 0.327. The third kappa shape index (κ3) is 4.74. The Balaban J connectivity index is 1.92. The lowest BCUT2D eigenvalue weighted by atomic mass is 10.1. The van der Waals surface area contributed by atoms with Crippen molar-refractivity contribution in [3.05, 3.63) is 18.0 Å². The van der Waals surface area contributed by atoms with E-state index in [1.807, 2.05) is 0 Å². The third-order valence-electron chi connectivity index (χ3n) is 3.18. The van der Waals surface area contributed by atoms with Crippen molar-refractivity contribution < 1.29 is 4.74 Å². The van der Waals surface area contributed by atoms with Gasteiger partial charge in [0, 0.05) is 50.1 Å². The van der Waals surface area contributed by atoms with Crippen molar-refractivity contribution in [2.45, 2.75) is 6.54 Å². The van der Waals surface area contributed by atoms with Gasteiger partial charge < -0.3 is 15.4 Å². The largest absolute Gasteiger partial charge is 0.380 e. The maximum atomic E-state index is 5.68. The van der Waals surface area contributed by atoms with Crippen LogP contribution in [0.1, 0.15) is 5.56 Å². The van der Waals surface area contributed by atoms with Crippen LogP contribution in [0, 0.1) is 5.92 Å². The molecule has 1 atom stereocenters. The monoisotopic (exact) mass is 265 g/mol. The summed E-state index contributed by atoms with van der Waals surface area (Å²) in [5.41, 5.74) is 6.60. The van der Waals surface area contributed by atoms with Crippen LogP contribution in [-0.2, 0) is 11.3 Å². The molecule has 1 fully saturated rings. The molecular weight excluding hydrogens is 242 g/mol. The average molecular weight is 265 g/mol. The fourth-order valence-corrected chi connectivity index (χ4v) is 2.43. The van der Waals surface area contributed by atoms with Crippen LogP contribution in [0.25, 0.3) is 0 Å². The van der Waals surface area contributed by atoms with Gasteiger partial charge in [0.2, 0.25) is 5.95 Å². The quantitative estimate of drug-likeness (QED) is 0.831. The van der Waals surface area contributed by atoms with E-state index in [9.17, 15) is 0 Å². The van der Waals surface area contributed by atoms with E-state index in [-0.39, 0.29) is 0 Å². The van der Waals surface area contributed by atoms with Crippen LogP contribution in [0.5, 0.6) is 0 Å². The first kappa shape index (κ1) is 14.2. The van der Waals surface area contributed by atoms with E-state index in [4.69, 9.17) is 10.5 Å². The van der Waals surface area contributed by atoms with Gasteiger partial charge in [-0.05, 0) is 14.1 Å². The highest BCUT2D eigenvalue weighted by atomic mass is 16.5. The van der Waals surface area contributed by atoms with Crippen molar-refractivity contribution in [2.24, 2.45) is 5.92 Å². The molecule has 0 bridgehead atoms. The maximum absolute atomic E-state index is 5.68. The van der Waals surface area contributed by atoms with Gasteiger partial charge in [0.1, 0.15) is 0 Å². The molecule has 1 saturated heterocycles. The van der Waals surface area contributed by atoms with Crippen molar-refractivity contribution >= 4 is 5.95 Å². The zero-order valence-corrected chi connectivity index (χ0v) is 11.7. The van der Waals surface area contributed by atoms with E-state index >= 15 is 0 Å². The predicted molar refractivity (Wildman–Crippen MR) is 74.6 cm³/mol. The van der Waals surface area contributed by atoms with E-state index in [2.05, 4.69) is 33.9 Å². The number of nitrogens with two attached hydrogens (primary N) is 1. The summed E-state index contributed by atoms with van der Waals surface area (Å²) in [6.07, 6.45) is 3.60. The van der Waals surface area contributed by atoms with Crippen molar-refractivity contribution in [1.29, 1.82) is 0 Å². The van der Waals surface area contributed by atoms with E-state index in [0.29, 0.717) is 11.9 Å². The van der Waals surface area contributed by atoms with Gasteiger partial charge in [0.05, 0.1) is 13.2 Å². The Morgan fingerprint density at radius 2 is 2.16 bits per heavy atom. The van der Waals surface area contributed by atoms with E-state index in [1.165, 1.54) is 0 Å². The molecule has 2 N–H and O–H groups in total. The highest BCUT2D eigenvalue weighted by molar-refractivity contribution is 5.17. The standard InChI is InChI=1S/C13H23N5O/c1-17(2)7-12-9-18(3-4-19-10-12)8-11-5-15-13(14)16-6-11/h5-6,12H,3-4,7-10H2,1-2H3,(H2,14,15,16)/t12-/m0/s1. The molecule has 1 aliphatic heterocycles. The second-order valence-electron chi connectivity index (χ2n) is 5.39. The Bertz CT molecular complexity index is 381. The normalized spacial score (nSPS) is 21.5. The first-order valence-corrected chi connectivity index (χ1v) is 6.64. The number of aromatic nitrogens is 2. The molecule has 0 aromatic carbocycles. The number of hydrogen-bond donors (Lipinski definition) is 1. The minimum absolute atomic E-state index is 0.327. The maximum Gasteiger partial charge on any atom is 0.219 e. The molecule has 0 radical (unpaired) electrons. The van der Waals surface area contributed by atoms with Crippen molar-refractivity contribution in [1.82, 2.24) is 19.8 Å². The first-order valence-electron chi connectivity index (χ1n) is 6.64. The number of rotatable bonds is 4.